The molecule has 22 heavy (non-hydrogen) atoms. The maximum absolute atomic E-state index is 12.7. The summed E-state index contributed by atoms with van der Waals surface area (Å²) in [5.41, 5.74) is 1.69. The van der Waals surface area contributed by atoms with Gasteiger partial charge in [0.2, 0.25) is 10.0 Å². The van der Waals surface area contributed by atoms with Gasteiger partial charge in [-0.2, -0.15) is 4.31 Å². The van der Waals surface area contributed by atoms with E-state index in [9.17, 15) is 8.42 Å². The Bertz CT molecular complexity index is 825. The van der Waals surface area contributed by atoms with E-state index in [0.717, 1.165) is 16.3 Å². The summed E-state index contributed by atoms with van der Waals surface area (Å²) in [4.78, 5) is 4.57. The van der Waals surface area contributed by atoms with Gasteiger partial charge in [-0.1, -0.05) is 18.2 Å². The molecule has 2 heterocycles. The molecular weight excluding hydrogens is 320 g/mol. The van der Waals surface area contributed by atoms with Crippen LogP contribution < -0.4 is 4.74 Å². The van der Waals surface area contributed by atoms with Crippen LogP contribution in [0.4, 0.5) is 0 Å². The van der Waals surface area contributed by atoms with Crippen LogP contribution in [0.2, 0.25) is 0 Å². The Kier molecular flexibility index (Phi) is 4.03. The van der Waals surface area contributed by atoms with Crippen LogP contribution in [0.3, 0.4) is 0 Å². The predicted octanol–water partition coefficient (Wildman–Crippen LogP) is 2.65. The molecule has 2 aromatic rings. The predicted molar refractivity (Wildman–Crippen MR) is 87.2 cm³/mol. The van der Waals surface area contributed by atoms with Gasteiger partial charge in [0.15, 0.2) is 0 Å². The number of nitrogens with zero attached hydrogens (tertiary/aromatic N) is 2. The lowest BCUT2D eigenvalue weighted by molar-refractivity contribution is 0.350. The SMILES string of the molecule is Cc1csc(CN(C)S(=O)(=O)C2=Cc3ccccc3OC2)n1. The van der Waals surface area contributed by atoms with E-state index in [2.05, 4.69) is 4.98 Å². The molecule has 0 amide bonds. The molecule has 0 saturated carbocycles. The minimum absolute atomic E-state index is 0.0561. The fourth-order valence-corrected chi connectivity index (χ4v) is 4.28. The third-order valence-corrected chi connectivity index (χ3v) is 6.17. The Morgan fingerprint density at radius 2 is 2.14 bits per heavy atom. The van der Waals surface area contributed by atoms with Crippen molar-refractivity contribution in [2.24, 2.45) is 0 Å². The Morgan fingerprint density at radius 1 is 1.36 bits per heavy atom. The standard InChI is InChI=1S/C15H16N2O3S2/c1-11-10-21-15(16-11)8-17(2)22(18,19)13-7-12-5-3-4-6-14(12)20-9-13/h3-7,10H,8-9H2,1-2H3. The van der Waals surface area contributed by atoms with Gasteiger partial charge in [-0.25, -0.2) is 13.4 Å². The summed E-state index contributed by atoms with van der Waals surface area (Å²) < 4.78 is 32.2. The summed E-state index contributed by atoms with van der Waals surface area (Å²) in [6.07, 6.45) is 1.68. The van der Waals surface area contributed by atoms with E-state index in [1.54, 1.807) is 13.1 Å². The van der Waals surface area contributed by atoms with E-state index >= 15 is 0 Å². The average molecular weight is 336 g/mol. The molecule has 0 aliphatic carbocycles. The van der Waals surface area contributed by atoms with Gasteiger partial charge in [-0.05, 0) is 19.1 Å². The number of rotatable bonds is 4. The summed E-state index contributed by atoms with van der Waals surface area (Å²) in [6, 6.07) is 7.39. The minimum atomic E-state index is -3.56. The molecule has 0 spiro atoms. The molecule has 0 unspecified atom stereocenters. The number of sulfonamides is 1. The van der Waals surface area contributed by atoms with Crippen LogP contribution in [0, 0.1) is 6.92 Å². The highest BCUT2D eigenvalue weighted by molar-refractivity contribution is 7.93. The fourth-order valence-electron chi connectivity index (χ4n) is 2.20. The fraction of sp³-hybridized carbons (Fsp3) is 0.267. The molecule has 0 atom stereocenters. The third kappa shape index (κ3) is 2.92. The van der Waals surface area contributed by atoms with Gasteiger partial charge < -0.3 is 4.74 Å². The van der Waals surface area contributed by atoms with Crippen LogP contribution in [-0.4, -0.2) is 31.4 Å². The van der Waals surface area contributed by atoms with Gasteiger partial charge in [-0.3, -0.25) is 0 Å². The third-order valence-electron chi connectivity index (χ3n) is 3.37. The van der Waals surface area contributed by atoms with E-state index in [4.69, 9.17) is 4.74 Å². The molecule has 1 aliphatic heterocycles. The van der Waals surface area contributed by atoms with Crippen molar-refractivity contribution in [2.45, 2.75) is 13.5 Å². The Morgan fingerprint density at radius 3 is 2.86 bits per heavy atom. The zero-order valence-electron chi connectivity index (χ0n) is 12.3. The van der Waals surface area contributed by atoms with Crippen molar-refractivity contribution in [3.63, 3.8) is 0 Å². The van der Waals surface area contributed by atoms with Crippen LogP contribution in [0.1, 0.15) is 16.3 Å². The first-order valence-corrected chi connectivity index (χ1v) is 9.08. The molecule has 7 heteroatoms. The van der Waals surface area contributed by atoms with Crippen LogP contribution >= 0.6 is 11.3 Å². The van der Waals surface area contributed by atoms with Crippen LogP contribution in [0.25, 0.3) is 6.08 Å². The lowest BCUT2D eigenvalue weighted by atomic mass is 10.1. The summed E-state index contributed by atoms with van der Waals surface area (Å²) in [7, 11) is -1.99. The van der Waals surface area contributed by atoms with E-state index in [0.29, 0.717) is 5.75 Å². The molecular formula is C15H16N2O3S2. The number of hydrogen-bond donors (Lipinski definition) is 0. The molecule has 0 saturated heterocycles. The molecule has 1 aromatic carbocycles. The first-order valence-electron chi connectivity index (χ1n) is 6.76. The van der Waals surface area contributed by atoms with Crippen LogP contribution in [0.15, 0.2) is 34.6 Å². The van der Waals surface area contributed by atoms with Gasteiger partial charge in [0, 0.05) is 23.7 Å². The second kappa shape index (κ2) is 5.83. The average Bonchev–Trinajstić information content (AvgIpc) is 2.91. The zero-order chi connectivity index (χ0) is 15.7. The van der Waals surface area contributed by atoms with Crippen molar-refractivity contribution in [1.82, 2.24) is 9.29 Å². The van der Waals surface area contributed by atoms with Crippen molar-refractivity contribution in [2.75, 3.05) is 13.7 Å². The van der Waals surface area contributed by atoms with Crippen molar-refractivity contribution in [3.8, 4) is 5.75 Å². The molecule has 0 fully saturated rings. The first-order chi connectivity index (χ1) is 10.5. The maximum Gasteiger partial charge on any atom is 0.242 e. The number of para-hydroxylation sites is 1. The zero-order valence-corrected chi connectivity index (χ0v) is 13.9. The molecule has 0 N–H and O–H groups in total. The van der Waals surface area contributed by atoms with Gasteiger partial charge in [0.25, 0.3) is 0 Å². The summed E-state index contributed by atoms with van der Waals surface area (Å²) >= 11 is 1.46. The summed E-state index contributed by atoms with van der Waals surface area (Å²) in [6.45, 7) is 2.21. The molecule has 0 bridgehead atoms. The van der Waals surface area contributed by atoms with Gasteiger partial charge in [0.05, 0.1) is 11.4 Å². The summed E-state index contributed by atoms with van der Waals surface area (Å²) in [5, 5.41) is 2.69. The topological polar surface area (TPSA) is 59.5 Å². The van der Waals surface area contributed by atoms with Gasteiger partial charge >= 0.3 is 0 Å². The number of hydrogen-bond acceptors (Lipinski definition) is 5. The van der Waals surface area contributed by atoms with Crippen molar-refractivity contribution >= 4 is 27.4 Å². The summed E-state index contributed by atoms with van der Waals surface area (Å²) in [5.74, 6) is 0.708. The number of aryl methyl sites for hydroxylation is 1. The van der Waals surface area contributed by atoms with Gasteiger partial charge in [0.1, 0.15) is 17.4 Å². The first kappa shape index (κ1) is 15.2. The van der Waals surface area contributed by atoms with E-state index in [-0.39, 0.29) is 18.1 Å². The van der Waals surface area contributed by atoms with E-state index < -0.39 is 10.0 Å². The molecule has 116 valence electrons. The van der Waals surface area contributed by atoms with Crippen molar-refractivity contribution in [3.05, 3.63) is 50.8 Å². The normalized spacial score (nSPS) is 14.4. The Balaban J connectivity index is 1.85. The van der Waals surface area contributed by atoms with Crippen molar-refractivity contribution in [1.29, 1.82) is 0 Å². The monoisotopic (exact) mass is 336 g/mol. The van der Waals surface area contributed by atoms with E-state index in [1.807, 2.05) is 36.6 Å². The number of thiazole rings is 1. The Hall–Kier alpha value is -1.70. The Labute approximate surface area is 133 Å². The second-order valence-electron chi connectivity index (χ2n) is 5.08. The highest BCUT2D eigenvalue weighted by Gasteiger charge is 2.27. The molecule has 1 aromatic heterocycles. The number of aromatic nitrogens is 1. The van der Waals surface area contributed by atoms with Crippen LogP contribution in [-0.2, 0) is 16.6 Å². The quantitative estimate of drug-likeness (QED) is 0.861. The lowest BCUT2D eigenvalue weighted by Gasteiger charge is -2.22. The highest BCUT2D eigenvalue weighted by atomic mass is 32.2. The molecule has 0 radical (unpaired) electrons. The number of ether oxygens (including phenoxy) is 1. The maximum atomic E-state index is 12.7. The van der Waals surface area contributed by atoms with E-state index in [1.165, 1.54) is 15.6 Å². The number of benzene rings is 1. The van der Waals surface area contributed by atoms with Crippen LogP contribution in [0.5, 0.6) is 5.75 Å². The molecule has 1 aliphatic rings. The minimum Gasteiger partial charge on any atom is -0.487 e. The van der Waals surface area contributed by atoms with Crippen molar-refractivity contribution < 1.29 is 13.2 Å². The number of fused-ring (bicyclic) bond motifs is 1. The molecule has 5 nitrogen and oxygen atoms in total. The van der Waals surface area contributed by atoms with Gasteiger partial charge in [-0.15, -0.1) is 11.3 Å². The smallest absolute Gasteiger partial charge is 0.242 e. The second-order valence-corrected chi connectivity index (χ2v) is 8.12. The lowest BCUT2D eigenvalue weighted by Crippen LogP contribution is -2.30. The largest absolute Gasteiger partial charge is 0.487 e. The molecule has 3 rings (SSSR count). The highest BCUT2D eigenvalue weighted by Crippen LogP contribution is 2.29.